The Morgan fingerprint density at radius 3 is 2.49 bits per heavy atom. The van der Waals surface area contributed by atoms with Crippen LogP contribution in [-0.2, 0) is 49.7 Å². The first-order valence-corrected chi connectivity index (χ1v) is 28.5. The molecule has 3 N–H and O–H groups in total. The lowest BCUT2D eigenvalue weighted by Crippen LogP contribution is -2.60. The summed E-state index contributed by atoms with van der Waals surface area (Å²) in [5, 5.41) is 32.5. The van der Waals surface area contributed by atoms with E-state index < -0.39 is 47.9 Å². The number of esters is 2. The van der Waals surface area contributed by atoms with E-state index in [2.05, 4.69) is 121 Å². The van der Waals surface area contributed by atoms with Crippen molar-refractivity contribution in [2.45, 2.75) is 119 Å². The lowest BCUT2D eigenvalue weighted by atomic mass is 9.70. The van der Waals surface area contributed by atoms with Gasteiger partial charge in [0.05, 0.1) is 31.8 Å². The fourth-order valence-corrected chi connectivity index (χ4v) is 14.4. The summed E-state index contributed by atoms with van der Waals surface area (Å²) in [5.74, 6) is 5.09. The van der Waals surface area contributed by atoms with E-state index in [1.165, 1.54) is 23.8 Å². The van der Waals surface area contributed by atoms with Gasteiger partial charge in [-0.05, 0) is 137 Å². The summed E-state index contributed by atoms with van der Waals surface area (Å²) >= 11 is 0. The summed E-state index contributed by atoms with van der Waals surface area (Å²) in [7, 11) is 1.51. The number of rotatable bonds is 11. The Bertz CT molecular complexity index is 3570. The van der Waals surface area contributed by atoms with Crippen molar-refractivity contribution < 1.29 is 48.3 Å². The normalized spacial score (nSPS) is 26.7. The van der Waals surface area contributed by atoms with Crippen LogP contribution < -0.4 is 10.4 Å². The van der Waals surface area contributed by atoms with Gasteiger partial charge < -0.3 is 38.7 Å². The van der Waals surface area contributed by atoms with Crippen LogP contribution in [0.4, 0.5) is 0 Å². The van der Waals surface area contributed by atoms with Gasteiger partial charge >= 0.3 is 17.6 Å². The highest BCUT2D eigenvalue weighted by molar-refractivity contribution is 5.90. The minimum absolute atomic E-state index is 0.00697. The maximum absolute atomic E-state index is 15.7. The molecule has 12 rings (SSSR count). The van der Waals surface area contributed by atoms with Gasteiger partial charge in [-0.25, -0.2) is 9.59 Å². The van der Waals surface area contributed by atoms with Crippen LogP contribution in [0.15, 0.2) is 148 Å². The molecule has 0 saturated heterocycles. The van der Waals surface area contributed by atoms with Gasteiger partial charge in [0.15, 0.2) is 17.8 Å². The highest BCUT2D eigenvalue weighted by atomic mass is 16.6. The number of ether oxygens (including phenoxy) is 4. The highest BCUT2D eigenvalue weighted by Gasteiger charge is 2.61. The number of fused-ring (bicyclic) bond motifs is 12. The highest BCUT2D eigenvalue weighted by Crippen LogP contribution is 2.59. The third kappa shape index (κ3) is 9.95. The summed E-state index contributed by atoms with van der Waals surface area (Å²) in [6.45, 7) is 0.616. The van der Waals surface area contributed by atoms with E-state index in [1.807, 2.05) is 12.1 Å². The number of carbonyl (C=O) groups is 2. The molecule has 3 aliphatic carbocycles. The van der Waals surface area contributed by atoms with Crippen molar-refractivity contribution in [3.05, 3.63) is 210 Å². The lowest BCUT2D eigenvalue weighted by molar-refractivity contribution is -0.202. The van der Waals surface area contributed by atoms with E-state index in [0.717, 1.165) is 34.2 Å². The van der Waals surface area contributed by atoms with Gasteiger partial charge in [0, 0.05) is 66.8 Å². The van der Waals surface area contributed by atoms with Crippen molar-refractivity contribution in [1.82, 2.24) is 0 Å². The summed E-state index contributed by atoms with van der Waals surface area (Å²) in [4.78, 5) is 45.8. The molecule has 11 nitrogen and oxygen atoms in total. The van der Waals surface area contributed by atoms with E-state index in [4.69, 9.17) is 23.4 Å². The molecule has 1 aromatic heterocycles. The van der Waals surface area contributed by atoms with Crippen molar-refractivity contribution in [3.8, 4) is 17.6 Å². The summed E-state index contributed by atoms with van der Waals surface area (Å²) in [6.07, 6.45) is 10.3. The molecule has 5 aromatic carbocycles. The second-order valence-corrected chi connectivity index (χ2v) is 23.0. The molecule has 0 spiro atoms. The molecule has 410 valence electrons. The number of hydrogen-bond donors (Lipinski definition) is 3. The molecule has 1 saturated carbocycles. The summed E-state index contributed by atoms with van der Waals surface area (Å²) in [5.41, 5.74) is 8.29. The molecule has 0 amide bonds. The number of aryl methyl sites for hydroxylation is 1. The molecular formula is C69H68O11. The van der Waals surface area contributed by atoms with E-state index >= 15 is 9.59 Å². The van der Waals surface area contributed by atoms with Gasteiger partial charge in [0.2, 0.25) is 0 Å². The number of carbonyl (C=O) groups excluding carboxylic acids is 2. The number of methoxy groups -OCH3 is 1. The van der Waals surface area contributed by atoms with Crippen molar-refractivity contribution in [2.75, 3.05) is 26.9 Å². The van der Waals surface area contributed by atoms with E-state index in [1.54, 1.807) is 19.1 Å². The Labute approximate surface area is 467 Å². The molecule has 4 heterocycles. The Hall–Kier alpha value is -7.33. The molecule has 10 atom stereocenters. The molecule has 0 radical (unpaired) electrons. The number of allylic oxidation sites excluding steroid dienone is 3. The molecule has 11 heteroatoms. The molecule has 5 bridgehead atoms. The smallest absolute Gasteiger partial charge is 0.340 e. The van der Waals surface area contributed by atoms with Gasteiger partial charge in [-0.2, -0.15) is 0 Å². The van der Waals surface area contributed by atoms with E-state index in [9.17, 15) is 20.1 Å². The number of hydrogen-bond acceptors (Lipinski definition) is 11. The van der Waals surface area contributed by atoms with Crippen molar-refractivity contribution in [1.29, 1.82) is 0 Å². The molecule has 1 fully saturated rings. The number of aliphatic hydroxyl groups is 3. The van der Waals surface area contributed by atoms with Gasteiger partial charge in [-0.3, -0.25) is 4.79 Å². The molecule has 3 aliphatic heterocycles. The van der Waals surface area contributed by atoms with Crippen LogP contribution in [0.5, 0.6) is 5.75 Å². The first kappa shape index (κ1) is 53.3. The fraction of sp³-hybridized carbons (Fsp3) is 0.377. The zero-order valence-electron chi connectivity index (χ0n) is 45.4. The van der Waals surface area contributed by atoms with Crippen LogP contribution in [0.1, 0.15) is 143 Å². The Morgan fingerprint density at radius 2 is 1.66 bits per heavy atom. The first-order valence-electron chi connectivity index (χ1n) is 28.5. The summed E-state index contributed by atoms with van der Waals surface area (Å²) in [6, 6.07) is 37.5. The van der Waals surface area contributed by atoms with Gasteiger partial charge in [-0.1, -0.05) is 133 Å². The Balaban J connectivity index is 1.06. The van der Waals surface area contributed by atoms with Gasteiger partial charge in [0.1, 0.15) is 11.3 Å². The lowest BCUT2D eigenvalue weighted by Gasteiger charge is -2.49. The average molecular weight is 1070 g/mol. The standard InChI is InChI=1S/C69H68O11/c1-41(38-71)53-23-18-43-19-24-55-48(32-43)15-8-9-29-69(52-35-49-21-20-45-14-6-7-17-54(45)58(49)37-52)66(79-67(53)74)65(63-60(80-69)27-26-57-59(39-72)62(68(75)78-64(57)63)50(28-30-70)40-76-2)77-61(73)36-51-34-47(22-25-56(51)55)46-16-10-13-44(33-46)31-42-11-4-3-5-12-42/h3-7,10-14,16-17,19-22,24-27,32-33,47,49-52,56,58,65-66,70-72H,15,18,23,28-31,34-40H2,1-2H3. The number of aliphatic hydroxyl groups excluding tert-OH is 3. The van der Waals surface area contributed by atoms with Gasteiger partial charge in [0.25, 0.3) is 0 Å². The summed E-state index contributed by atoms with van der Waals surface area (Å²) < 4.78 is 33.7. The Kier molecular flexibility index (Phi) is 15.1. The maximum Gasteiger partial charge on any atom is 0.340 e. The van der Waals surface area contributed by atoms with Crippen LogP contribution in [0, 0.1) is 29.6 Å². The predicted molar refractivity (Wildman–Crippen MR) is 305 cm³/mol. The average Bonchev–Trinajstić information content (AvgIpc) is 4.05. The maximum atomic E-state index is 15.7. The zero-order chi connectivity index (χ0) is 55.1. The SMILES string of the molecule is COCC(CCO)c1c(CO)c2ccc3c(c2oc1=O)C1OC(=O)CC2CC(c4cccc(Cc5ccccc5)c4)C=CC2c2ccc4cc2CC#CCC(C2CC5C=Cc6ccccc6C5C2)(O3)C1OC(=O)C(=C(C)CO)CC4. The largest absolute Gasteiger partial charge is 0.481 e. The molecule has 80 heavy (non-hydrogen) atoms. The molecule has 6 aromatic rings. The second-order valence-electron chi connectivity index (χ2n) is 23.0. The van der Waals surface area contributed by atoms with Crippen LogP contribution >= 0.6 is 0 Å². The molecule has 6 aliphatic rings. The van der Waals surface area contributed by atoms with E-state index in [-0.39, 0.29) is 109 Å². The quantitative estimate of drug-likeness (QED) is 0.0372. The molecule has 10 unspecified atom stereocenters. The van der Waals surface area contributed by atoms with E-state index in [0.29, 0.717) is 48.6 Å². The minimum Gasteiger partial charge on any atom is -0.481 e. The van der Waals surface area contributed by atoms with Crippen LogP contribution in [0.25, 0.3) is 17.0 Å². The number of benzene rings is 5. The van der Waals surface area contributed by atoms with Crippen molar-refractivity contribution >= 4 is 29.0 Å². The molecular weight excluding hydrogens is 1000 g/mol. The monoisotopic (exact) mass is 1070 g/mol. The second kappa shape index (κ2) is 22.7. The fourth-order valence-electron chi connectivity index (χ4n) is 14.4. The topological polar surface area (TPSA) is 162 Å². The zero-order valence-corrected chi connectivity index (χ0v) is 45.4. The van der Waals surface area contributed by atoms with Crippen LogP contribution in [-0.4, -0.2) is 65.9 Å². The first-order chi connectivity index (χ1) is 39.1. The minimum atomic E-state index is -1.44. The van der Waals surface area contributed by atoms with Crippen molar-refractivity contribution in [2.24, 2.45) is 17.8 Å². The van der Waals surface area contributed by atoms with Crippen LogP contribution in [0.3, 0.4) is 0 Å². The van der Waals surface area contributed by atoms with Crippen LogP contribution in [0.2, 0.25) is 0 Å². The van der Waals surface area contributed by atoms with Gasteiger partial charge in [-0.15, -0.1) is 0 Å². The third-order valence-corrected chi connectivity index (χ3v) is 18.4. The van der Waals surface area contributed by atoms with Crippen molar-refractivity contribution in [3.63, 3.8) is 0 Å². The Morgan fingerprint density at radius 1 is 0.825 bits per heavy atom. The third-order valence-electron chi connectivity index (χ3n) is 18.4. The predicted octanol–water partition coefficient (Wildman–Crippen LogP) is 11.2.